The fourth-order valence-corrected chi connectivity index (χ4v) is 2.48. The van der Waals surface area contributed by atoms with Crippen molar-refractivity contribution in [1.82, 2.24) is 10.3 Å². The van der Waals surface area contributed by atoms with Crippen LogP contribution in [0, 0.1) is 5.82 Å². The van der Waals surface area contributed by atoms with E-state index in [4.69, 9.17) is 11.6 Å². The van der Waals surface area contributed by atoms with E-state index in [1.54, 1.807) is 23.5 Å². The number of hydrogen-bond donors (Lipinski definition) is 1. The summed E-state index contributed by atoms with van der Waals surface area (Å²) >= 11 is 7.42. The minimum Gasteiger partial charge on any atom is -0.310 e. The molecule has 0 amide bonds. The van der Waals surface area contributed by atoms with Crippen LogP contribution in [0.5, 0.6) is 0 Å². The Kier molecular flexibility index (Phi) is 4.69. The summed E-state index contributed by atoms with van der Waals surface area (Å²) in [6.45, 7) is 2.87. The third-order valence-electron chi connectivity index (χ3n) is 2.72. The normalized spacial score (nSPS) is 12.6. The highest BCUT2D eigenvalue weighted by Gasteiger charge is 2.07. The van der Waals surface area contributed by atoms with Crippen LogP contribution in [0.15, 0.2) is 29.8 Å². The molecule has 1 unspecified atom stereocenters. The van der Waals surface area contributed by atoms with Crippen molar-refractivity contribution in [3.05, 3.63) is 51.2 Å². The predicted molar refractivity (Wildman–Crippen MR) is 73.6 cm³/mol. The lowest BCUT2D eigenvalue weighted by Crippen LogP contribution is -2.21. The number of halogens is 2. The van der Waals surface area contributed by atoms with E-state index in [0.29, 0.717) is 0 Å². The molecule has 1 N–H and O–H groups in total. The maximum Gasteiger partial charge on any atom is 0.141 e. The van der Waals surface area contributed by atoms with Gasteiger partial charge in [0.15, 0.2) is 0 Å². The van der Waals surface area contributed by atoms with Crippen molar-refractivity contribution in [2.75, 3.05) is 6.54 Å². The summed E-state index contributed by atoms with van der Waals surface area (Å²) in [5.41, 5.74) is 0.987. The van der Waals surface area contributed by atoms with Gasteiger partial charge in [-0.15, -0.1) is 11.3 Å². The van der Waals surface area contributed by atoms with Crippen molar-refractivity contribution in [3.8, 4) is 0 Å². The minimum atomic E-state index is -0.379. The molecule has 18 heavy (non-hydrogen) atoms. The molecule has 1 heterocycles. The summed E-state index contributed by atoms with van der Waals surface area (Å²) in [4.78, 5) is 4.22. The van der Waals surface area contributed by atoms with Gasteiger partial charge in [-0.25, -0.2) is 9.37 Å². The second kappa shape index (κ2) is 6.27. The van der Waals surface area contributed by atoms with Gasteiger partial charge in [0, 0.05) is 30.6 Å². The summed E-state index contributed by atoms with van der Waals surface area (Å²) in [5.74, 6) is -0.379. The van der Waals surface area contributed by atoms with Crippen LogP contribution in [0.1, 0.15) is 23.5 Å². The molecule has 2 rings (SSSR count). The first-order valence-corrected chi connectivity index (χ1v) is 6.99. The second-order valence-electron chi connectivity index (χ2n) is 4.03. The van der Waals surface area contributed by atoms with Gasteiger partial charge in [-0.05, 0) is 24.6 Å². The zero-order chi connectivity index (χ0) is 13.0. The van der Waals surface area contributed by atoms with Crippen molar-refractivity contribution >= 4 is 22.9 Å². The van der Waals surface area contributed by atoms with Gasteiger partial charge in [-0.3, -0.25) is 0 Å². The lowest BCUT2D eigenvalue weighted by Gasteiger charge is -2.14. The van der Waals surface area contributed by atoms with E-state index in [9.17, 15) is 4.39 Å². The largest absolute Gasteiger partial charge is 0.310 e. The van der Waals surface area contributed by atoms with Crippen LogP contribution in [0.3, 0.4) is 0 Å². The topological polar surface area (TPSA) is 24.9 Å². The van der Waals surface area contributed by atoms with Gasteiger partial charge in [0.1, 0.15) is 5.82 Å². The van der Waals surface area contributed by atoms with Gasteiger partial charge in [-0.1, -0.05) is 17.7 Å². The molecule has 2 nitrogen and oxygen atoms in total. The molecule has 5 heteroatoms. The molecule has 0 saturated carbocycles. The van der Waals surface area contributed by atoms with Gasteiger partial charge in [0.25, 0.3) is 0 Å². The van der Waals surface area contributed by atoms with Crippen molar-refractivity contribution in [2.24, 2.45) is 0 Å². The molecule has 1 aromatic heterocycles. The molecular weight excluding hydrogens is 271 g/mol. The Morgan fingerprint density at radius 2 is 2.33 bits per heavy atom. The van der Waals surface area contributed by atoms with E-state index in [0.717, 1.165) is 23.5 Å². The fourth-order valence-electron chi connectivity index (χ4n) is 1.67. The molecule has 0 aliphatic carbocycles. The summed E-state index contributed by atoms with van der Waals surface area (Å²) in [6, 6.07) is 4.96. The molecule has 0 bridgehead atoms. The molecule has 96 valence electrons. The summed E-state index contributed by atoms with van der Waals surface area (Å²) in [5, 5.41) is 6.63. The van der Waals surface area contributed by atoms with Gasteiger partial charge in [0.2, 0.25) is 0 Å². The number of nitrogens with zero attached hydrogens (tertiary/aromatic N) is 1. The van der Waals surface area contributed by atoms with Crippen LogP contribution in [-0.2, 0) is 6.42 Å². The molecule has 0 aliphatic heterocycles. The zero-order valence-electron chi connectivity index (χ0n) is 9.99. The molecule has 1 atom stereocenters. The molecule has 0 aliphatic rings. The fraction of sp³-hybridized carbons (Fsp3) is 0.308. The highest BCUT2D eigenvalue weighted by Crippen LogP contribution is 2.20. The average Bonchev–Trinajstić information content (AvgIpc) is 2.85. The molecule has 2 aromatic rings. The number of benzene rings is 1. The number of aromatic nitrogens is 1. The molecule has 0 spiro atoms. The summed E-state index contributed by atoms with van der Waals surface area (Å²) in [7, 11) is 0. The number of rotatable bonds is 5. The first-order chi connectivity index (χ1) is 8.66. The third kappa shape index (κ3) is 3.51. The minimum absolute atomic E-state index is 0.142. The monoisotopic (exact) mass is 284 g/mol. The van der Waals surface area contributed by atoms with Gasteiger partial charge >= 0.3 is 0 Å². The van der Waals surface area contributed by atoms with E-state index in [1.807, 2.05) is 18.5 Å². The maximum absolute atomic E-state index is 13.0. The van der Waals surface area contributed by atoms with Crippen LogP contribution in [0.4, 0.5) is 4.39 Å². The van der Waals surface area contributed by atoms with Gasteiger partial charge in [-0.2, -0.15) is 0 Å². The van der Waals surface area contributed by atoms with Crippen LogP contribution in [0.2, 0.25) is 5.02 Å². The van der Waals surface area contributed by atoms with Crippen LogP contribution in [-0.4, -0.2) is 11.5 Å². The highest BCUT2D eigenvalue weighted by atomic mass is 35.5. The Balaban J connectivity index is 1.87. The van der Waals surface area contributed by atoms with E-state index in [-0.39, 0.29) is 16.9 Å². The summed E-state index contributed by atoms with van der Waals surface area (Å²) in [6.07, 6.45) is 2.71. The molecule has 0 saturated heterocycles. The standard InChI is InChI=1S/C13H14ClFN2S/c1-9(10-2-3-12(15)11(14)8-10)16-5-4-13-17-6-7-18-13/h2-3,6-9,16H,4-5H2,1H3. The summed E-state index contributed by atoms with van der Waals surface area (Å²) < 4.78 is 13.0. The number of hydrogen-bond acceptors (Lipinski definition) is 3. The van der Waals surface area contributed by atoms with Gasteiger partial charge in [0.05, 0.1) is 10.0 Å². The van der Waals surface area contributed by atoms with E-state index in [1.165, 1.54) is 6.07 Å². The van der Waals surface area contributed by atoms with Crippen molar-refractivity contribution in [3.63, 3.8) is 0 Å². The quantitative estimate of drug-likeness (QED) is 0.903. The van der Waals surface area contributed by atoms with Crippen molar-refractivity contribution < 1.29 is 4.39 Å². The first-order valence-electron chi connectivity index (χ1n) is 5.73. The number of nitrogens with one attached hydrogen (secondary N) is 1. The molecular formula is C13H14ClFN2S. The Morgan fingerprint density at radius 1 is 1.50 bits per heavy atom. The lowest BCUT2D eigenvalue weighted by atomic mass is 10.1. The smallest absolute Gasteiger partial charge is 0.141 e. The SMILES string of the molecule is CC(NCCc1nccs1)c1ccc(F)c(Cl)c1. The molecule has 0 fully saturated rings. The Morgan fingerprint density at radius 3 is 3.00 bits per heavy atom. The maximum atomic E-state index is 13.0. The van der Waals surface area contributed by atoms with Gasteiger partial charge < -0.3 is 5.32 Å². The van der Waals surface area contributed by atoms with Crippen molar-refractivity contribution in [1.29, 1.82) is 0 Å². The van der Waals surface area contributed by atoms with Crippen LogP contribution in [0.25, 0.3) is 0 Å². The molecule has 1 aromatic carbocycles. The lowest BCUT2D eigenvalue weighted by molar-refractivity contribution is 0.573. The zero-order valence-corrected chi connectivity index (χ0v) is 11.6. The Hall–Kier alpha value is -0.970. The Bertz CT molecular complexity index is 502. The van der Waals surface area contributed by atoms with Crippen LogP contribution < -0.4 is 5.32 Å². The van der Waals surface area contributed by atoms with E-state index < -0.39 is 0 Å². The third-order valence-corrected chi connectivity index (χ3v) is 3.85. The Labute approximate surface area is 115 Å². The second-order valence-corrected chi connectivity index (χ2v) is 5.41. The first kappa shape index (κ1) is 13.5. The number of thiazole rings is 1. The molecule has 0 radical (unpaired) electrons. The van der Waals surface area contributed by atoms with Crippen LogP contribution >= 0.6 is 22.9 Å². The van der Waals surface area contributed by atoms with Crippen molar-refractivity contribution in [2.45, 2.75) is 19.4 Å². The van der Waals surface area contributed by atoms with E-state index >= 15 is 0 Å². The highest BCUT2D eigenvalue weighted by molar-refractivity contribution is 7.09. The van der Waals surface area contributed by atoms with E-state index in [2.05, 4.69) is 10.3 Å². The average molecular weight is 285 g/mol. The predicted octanol–water partition coefficient (Wildman–Crippen LogP) is 3.83.